The SMILES string of the molecule is Cc1nnc(C2CCC2)c(N2CCNCC2)n1. The van der Waals surface area contributed by atoms with Crippen LogP contribution in [0.1, 0.15) is 36.7 Å². The third kappa shape index (κ3) is 2.11. The maximum Gasteiger partial charge on any atom is 0.154 e. The number of hydrogen-bond donors (Lipinski definition) is 1. The third-order valence-corrected chi connectivity index (χ3v) is 3.71. The number of piperazine rings is 1. The van der Waals surface area contributed by atoms with Gasteiger partial charge < -0.3 is 10.2 Å². The fourth-order valence-electron chi connectivity index (χ4n) is 2.46. The Morgan fingerprint density at radius 2 is 1.94 bits per heavy atom. The highest BCUT2D eigenvalue weighted by molar-refractivity contribution is 5.46. The van der Waals surface area contributed by atoms with Crippen LogP contribution in [0.25, 0.3) is 0 Å². The predicted molar refractivity (Wildman–Crippen MR) is 66.2 cm³/mol. The second-order valence-electron chi connectivity index (χ2n) is 4.93. The quantitative estimate of drug-likeness (QED) is 0.821. The van der Waals surface area contributed by atoms with E-state index < -0.39 is 0 Å². The van der Waals surface area contributed by atoms with Crippen molar-refractivity contribution >= 4 is 5.82 Å². The van der Waals surface area contributed by atoms with Crippen molar-refractivity contribution in [3.8, 4) is 0 Å². The molecule has 0 spiro atoms. The molecule has 1 aliphatic carbocycles. The molecule has 0 atom stereocenters. The summed E-state index contributed by atoms with van der Waals surface area (Å²) in [6, 6.07) is 0. The molecule has 0 unspecified atom stereocenters. The zero-order valence-corrected chi connectivity index (χ0v) is 10.3. The van der Waals surface area contributed by atoms with Crippen LogP contribution in [0.5, 0.6) is 0 Å². The zero-order valence-electron chi connectivity index (χ0n) is 10.3. The van der Waals surface area contributed by atoms with Gasteiger partial charge in [-0.2, -0.15) is 0 Å². The molecule has 0 amide bonds. The van der Waals surface area contributed by atoms with Crippen molar-refractivity contribution in [2.24, 2.45) is 0 Å². The van der Waals surface area contributed by atoms with Gasteiger partial charge in [-0.25, -0.2) is 4.98 Å². The average Bonchev–Trinajstić information content (AvgIpc) is 2.30. The van der Waals surface area contributed by atoms with E-state index in [9.17, 15) is 0 Å². The van der Waals surface area contributed by atoms with Crippen LogP contribution in [0, 0.1) is 6.92 Å². The highest BCUT2D eigenvalue weighted by Crippen LogP contribution is 2.38. The van der Waals surface area contributed by atoms with Crippen molar-refractivity contribution in [2.45, 2.75) is 32.1 Å². The summed E-state index contributed by atoms with van der Waals surface area (Å²) >= 11 is 0. The van der Waals surface area contributed by atoms with Gasteiger partial charge in [0.2, 0.25) is 0 Å². The molecule has 17 heavy (non-hydrogen) atoms. The van der Waals surface area contributed by atoms with Crippen LogP contribution in [-0.2, 0) is 0 Å². The molecule has 1 saturated carbocycles. The Hall–Kier alpha value is -1.23. The summed E-state index contributed by atoms with van der Waals surface area (Å²) in [5, 5.41) is 11.9. The fraction of sp³-hybridized carbons (Fsp3) is 0.750. The van der Waals surface area contributed by atoms with E-state index in [0.717, 1.165) is 43.5 Å². The molecule has 1 aromatic rings. The van der Waals surface area contributed by atoms with Crippen molar-refractivity contribution in [2.75, 3.05) is 31.1 Å². The second-order valence-corrected chi connectivity index (χ2v) is 4.93. The molecule has 0 bridgehead atoms. The number of nitrogens with zero attached hydrogens (tertiary/aromatic N) is 4. The van der Waals surface area contributed by atoms with Crippen LogP contribution in [0.2, 0.25) is 0 Å². The Labute approximate surface area is 102 Å². The lowest BCUT2D eigenvalue weighted by Crippen LogP contribution is -2.44. The first kappa shape index (κ1) is 10.9. The van der Waals surface area contributed by atoms with Gasteiger partial charge in [0.05, 0.1) is 0 Å². The number of nitrogens with one attached hydrogen (secondary N) is 1. The minimum Gasteiger partial charge on any atom is -0.352 e. The zero-order chi connectivity index (χ0) is 11.7. The van der Waals surface area contributed by atoms with Crippen LogP contribution in [-0.4, -0.2) is 41.4 Å². The molecule has 1 aliphatic heterocycles. The second kappa shape index (κ2) is 4.56. The van der Waals surface area contributed by atoms with E-state index >= 15 is 0 Å². The van der Waals surface area contributed by atoms with Crippen molar-refractivity contribution in [3.63, 3.8) is 0 Å². The molecule has 1 N–H and O–H groups in total. The Bertz CT molecular complexity index is 396. The number of rotatable bonds is 2. The van der Waals surface area contributed by atoms with E-state index in [-0.39, 0.29) is 0 Å². The molecule has 0 radical (unpaired) electrons. The monoisotopic (exact) mass is 233 g/mol. The maximum absolute atomic E-state index is 4.62. The number of hydrogen-bond acceptors (Lipinski definition) is 5. The minimum atomic E-state index is 0.598. The molecule has 0 aromatic carbocycles. The van der Waals surface area contributed by atoms with E-state index in [0.29, 0.717) is 5.92 Å². The molecule has 2 aliphatic rings. The molecule has 5 heteroatoms. The first-order valence-electron chi connectivity index (χ1n) is 6.51. The summed E-state index contributed by atoms with van der Waals surface area (Å²) < 4.78 is 0. The normalized spacial score (nSPS) is 21.4. The Morgan fingerprint density at radius 3 is 2.59 bits per heavy atom. The van der Waals surface area contributed by atoms with Gasteiger partial charge in [0.25, 0.3) is 0 Å². The van der Waals surface area contributed by atoms with Gasteiger partial charge >= 0.3 is 0 Å². The van der Waals surface area contributed by atoms with E-state index in [1.54, 1.807) is 0 Å². The van der Waals surface area contributed by atoms with Gasteiger partial charge in [-0.05, 0) is 19.8 Å². The van der Waals surface area contributed by atoms with Crippen LogP contribution in [0.4, 0.5) is 5.82 Å². The largest absolute Gasteiger partial charge is 0.352 e. The lowest BCUT2D eigenvalue weighted by atomic mass is 9.82. The first-order chi connectivity index (χ1) is 8.34. The summed E-state index contributed by atoms with van der Waals surface area (Å²) in [7, 11) is 0. The summed E-state index contributed by atoms with van der Waals surface area (Å²) in [5.41, 5.74) is 1.13. The standard InChI is InChI=1S/C12H19N5/c1-9-14-12(17-7-5-13-6-8-17)11(16-15-9)10-3-2-4-10/h10,13H,2-8H2,1H3. The molecule has 92 valence electrons. The van der Waals surface area contributed by atoms with Crippen molar-refractivity contribution in [1.82, 2.24) is 20.5 Å². The van der Waals surface area contributed by atoms with Crippen molar-refractivity contribution in [1.29, 1.82) is 0 Å². The topological polar surface area (TPSA) is 53.9 Å². The molecule has 3 rings (SSSR count). The average molecular weight is 233 g/mol. The lowest BCUT2D eigenvalue weighted by Gasteiger charge is -2.33. The van der Waals surface area contributed by atoms with Gasteiger partial charge in [0.1, 0.15) is 11.5 Å². The molecule has 1 aromatic heterocycles. The fourth-order valence-corrected chi connectivity index (χ4v) is 2.46. The van der Waals surface area contributed by atoms with E-state index in [2.05, 4.69) is 25.4 Å². The van der Waals surface area contributed by atoms with Gasteiger partial charge in [0.15, 0.2) is 5.82 Å². The number of anilines is 1. The lowest BCUT2D eigenvalue weighted by molar-refractivity contribution is 0.404. The van der Waals surface area contributed by atoms with Gasteiger partial charge in [-0.1, -0.05) is 6.42 Å². The molecule has 5 nitrogen and oxygen atoms in total. The summed E-state index contributed by atoms with van der Waals surface area (Å²) in [4.78, 5) is 6.98. The Morgan fingerprint density at radius 1 is 1.18 bits per heavy atom. The first-order valence-corrected chi connectivity index (χ1v) is 6.51. The van der Waals surface area contributed by atoms with Crippen molar-refractivity contribution in [3.05, 3.63) is 11.5 Å². The molecular formula is C12H19N5. The van der Waals surface area contributed by atoms with Crippen LogP contribution in [0.3, 0.4) is 0 Å². The van der Waals surface area contributed by atoms with Crippen molar-refractivity contribution < 1.29 is 0 Å². The highest BCUT2D eigenvalue weighted by Gasteiger charge is 2.27. The van der Waals surface area contributed by atoms with E-state index in [1.165, 1.54) is 19.3 Å². The van der Waals surface area contributed by atoms with Gasteiger partial charge in [0, 0.05) is 32.1 Å². The summed E-state index contributed by atoms with van der Waals surface area (Å²) in [5.74, 6) is 2.46. The number of aryl methyl sites for hydroxylation is 1. The smallest absolute Gasteiger partial charge is 0.154 e. The van der Waals surface area contributed by atoms with Gasteiger partial charge in [-0.15, -0.1) is 10.2 Å². The predicted octanol–water partition coefficient (Wildman–Crippen LogP) is 0.857. The Kier molecular flexibility index (Phi) is 2.93. The summed E-state index contributed by atoms with van der Waals surface area (Å²) in [6.45, 7) is 6.04. The number of aromatic nitrogens is 3. The molecule has 1 saturated heterocycles. The van der Waals surface area contributed by atoms with Crippen LogP contribution < -0.4 is 10.2 Å². The van der Waals surface area contributed by atoms with E-state index in [4.69, 9.17) is 0 Å². The third-order valence-electron chi connectivity index (χ3n) is 3.71. The summed E-state index contributed by atoms with van der Waals surface area (Å²) in [6.07, 6.45) is 3.82. The highest BCUT2D eigenvalue weighted by atomic mass is 15.3. The van der Waals surface area contributed by atoms with Crippen LogP contribution in [0.15, 0.2) is 0 Å². The molecule has 2 fully saturated rings. The molecule has 2 heterocycles. The minimum absolute atomic E-state index is 0.598. The van der Waals surface area contributed by atoms with Crippen LogP contribution >= 0.6 is 0 Å². The Balaban J connectivity index is 1.91. The molecular weight excluding hydrogens is 214 g/mol. The van der Waals surface area contributed by atoms with E-state index in [1.807, 2.05) is 6.92 Å². The maximum atomic E-state index is 4.62. The van der Waals surface area contributed by atoms with Gasteiger partial charge in [-0.3, -0.25) is 0 Å².